The van der Waals surface area contributed by atoms with Crippen molar-refractivity contribution in [3.05, 3.63) is 149 Å². The van der Waals surface area contributed by atoms with Gasteiger partial charge in [-0.05, 0) is 16.7 Å². The Hall–Kier alpha value is -5.41. The molecular weight excluding hydrogens is 867 g/mol. The van der Waals surface area contributed by atoms with Crippen molar-refractivity contribution in [1.82, 2.24) is 15.3 Å². The monoisotopic (exact) mass is 921 g/mol. The van der Waals surface area contributed by atoms with Crippen molar-refractivity contribution in [1.29, 1.82) is 0 Å². The number of benzene rings is 4. The van der Waals surface area contributed by atoms with E-state index in [0.717, 1.165) is 16.7 Å². The maximum atomic E-state index is 15.7. The summed E-state index contributed by atoms with van der Waals surface area (Å²) in [6.45, 7) is -0.862. The van der Waals surface area contributed by atoms with E-state index < -0.39 is 103 Å². The summed E-state index contributed by atoms with van der Waals surface area (Å²) in [5.74, 6) is -3.12. The minimum atomic E-state index is -1.61. The lowest BCUT2D eigenvalue weighted by atomic mass is 9.62. The minimum absolute atomic E-state index is 0.0170. The van der Waals surface area contributed by atoms with Crippen LogP contribution in [0.15, 0.2) is 121 Å². The molecule has 1 saturated carbocycles. The molecule has 4 aliphatic heterocycles. The Morgan fingerprint density at radius 2 is 1.49 bits per heavy atom. The normalized spacial score (nSPS) is 31.2. The predicted octanol–water partition coefficient (Wildman–Crippen LogP) is 1.18. The van der Waals surface area contributed by atoms with Crippen molar-refractivity contribution in [2.45, 2.75) is 92.4 Å². The first-order valence-corrected chi connectivity index (χ1v) is 22.5. The van der Waals surface area contributed by atoms with E-state index >= 15 is 4.79 Å². The van der Waals surface area contributed by atoms with E-state index in [4.69, 9.17) is 28.5 Å². The van der Waals surface area contributed by atoms with Crippen molar-refractivity contribution >= 4 is 23.9 Å². The molecule has 0 aromatic heterocycles. The zero-order valence-corrected chi connectivity index (χ0v) is 36.7. The Balaban J connectivity index is 1.02. The number of rotatable bonds is 16. The highest BCUT2D eigenvalue weighted by Crippen LogP contribution is 2.59. The highest BCUT2D eigenvalue weighted by atomic mass is 16.8. The second kappa shape index (κ2) is 19.7. The van der Waals surface area contributed by atoms with Crippen LogP contribution in [-0.2, 0) is 61.7 Å². The molecular formula is C50H55N3O14. The van der Waals surface area contributed by atoms with Gasteiger partial charge >= 0.3 is 5.97 Å². The minimum Gasteiger partial charge on any atom is -0.458 e. The number of aliphatic hydroxyl groups excluding tert-OH is 5. The van der Waals surface area contributed by atoms with Gasteiger partial charge in [-0.2, -0.15) is 5.06 Å². The number of amides is 2. The van der Waals surface area contributed by atoms with Crippen LogP contribution in [0.1, 0.15) is 34.2 Å². The lowest BCUT2D eigenvalue weighted by Crippen LogP contribution is -2.70. The van der Waals surface area contributed by atoms with Crippen LogP contribution in [0.3, 0.4) is 0 Å². The molecule has 9 rings (SSSR count). The van der Waals surface area contributed by atoms with Crippen molar-refractivity contribution < 1.29 is 68.4 Å². The number of carbonyl (C=O) groups excluding carboxylic acids is 3. The lowest BCUT2D eigenvalue weighted by molar-refractivity contribution is -0.298. The molecule has 2 amide bonds. The van der Waals surface area contributed by atoms with Crippen molar-refractivity contribution in [2.75, 3.05) is 33.4 Å². The summed E-state index contributed by atoms with van der Waals surface area (Å²) in [6, 6.07) is 33.2. The second-order valence-corrected chi connectivity index (χ2v) is 17.5. The number of hydrogen-bond donors (Lipinski definition) is 6. The number of ether oxygens (including phenoxy) is 5. The van der Waals surface area contributed by atoms with Crippen LogP contribution < -0.4 is 5.32 Å². The zero-order valence-electron chi connectivity index (χ0n) is 36.7. The second-order valence-electron chi connectivity index (χ2n) is 17.5. The molecule has 17 heteroatoms. The summed E-state index contributed by atoms with van der Waals surface area (Å²) < 4.78 is 31.4. The molecule has 4 heterocycles. The largest absolute Gasteiger partial charge is 0.458 e. The molecule has 1 aliphatic carbocycles. The van der Waals surface area contributed by atoms with Crippen molar-refractivity contribution in [3.8, 4) is 0 Å². The van der Waals surface area contributed by atoms with E-state index in [-0.39, 0.29) is 39.1 Å². The lowest BCUT2D eigenvalue weighted by Gasteiger charge is -2.50. The molecule has 4 aromatic carbocycles. The number of likely N-dealkylation sites (N-methyl/N-ethyl adjacent to an activating group) is 1. The summed E-state index contributed by atoms with van der Waals surface area (Å²) in [7, 11) is 1.56. The molecule has 5 aliphatic rings. The number of carbonyl (C=O) groups is 3. The Morgan fingerprint density at radius 3 is 2.13 bits per heavy atom. The van der Waals surface area contributed by atoms with E-state index in [1.807, 2.05) is 115 Å². The number of fused-ring (bicyclic) bond motifs is 4. The van der Waals surface area contributed by atoms with E-state index in [2.05, 4.69) is 5.32 Å². The topological polar surface area (TPSA) is 226 Å². The summed E-state index contributed by atoms with van der Waals surface area (Å²) in [5, 5.41) is 53.8. The van der Waals surface area contributed by atoms with Crippen LogP contribution in [0.25, 0.3) is 6.08 Å². The molecule has 0 radical (unpaired) electrons. The number of hydroxylamine groups is 2. The molecule has 0 spiro atoms. The molecule has 0 unspecified atom stereocenters. The third-order valence-electron chi connectivity index (χ3n) is 13.5. The fraction of sp³-hybridized carbons (Fsp3) is 0.420. The molecule has 354 valence electrons. The SMILES string of the molecule is CN(C(=O)[C@@]12C[C@H]3OC(=O)[C@@H]1N(Cc1ccc(C=CCO[C@H]4O[C@H](CO)[C@H](O)[C@H](O)[C@H]4O)cc1)O[C@@H]2[C@H]1OC(c2ccccc2)(c2ccccc2)O[C@H]13)[C@H](Cc1ccccc1)C(=O)NCCO. The molecule has 5 fully saturated rings. The quantitative estimate of drug-likeness (QED) is 0.0869. The van der Waals surface area contributed by atoms with Gasteiger partial charge in [-0.1, -0.05) is 127 Å². The van der Waals surface area contributed by atoms with Crippen LogP contribution in [0, 0.1) is 5.41 Å². The number of aliphatic hydroxyl groups is 5. The number of esters is 1. The summed E-state index contributed by atoms with van der Waals surface area (Å²) in [4.78, 5) is 52.5. The standard InChI is InChI=1S/C50H55N3O14/c1-52(35(45(59)51-23-24-54)26-31-12-5-2-6-13-31)48(61)49-27-36-41-42(66-50(65-41,33-15-7-3-8-16-33)34-17-9-4-10-18-34)44(49)67-53(43(49)46(60)63-36)28-32-21-19-30(20-22-32)14-11-25-62-47-40(58)39(57)38(56)37(29-55)64-47/h2-22,35-44,47,54-58H,23-29H2,1H3,(H,51,59)/t35-,36-,37-,38+,39+,40-,41+,42+,43+,44-,47+,49+/m1/s1. The summed E-state index contributed by atoms with van der Waals surface area (Å²) in [5.41, 5.74) is 2.08. The van der Waals surface area contributed by atoms with Crippen LogP contribution >= 0.6 is 0 Å². The number of hydrogen-bond acceptors (Lipinski definition) is 15. The number of nitrogens with zero attached hydrogens (tertiary/aromatic N) is 2. The fourth-order valence-corrected chi connectivity index (χ4v) is 10.1. The maximum absolute atomic E-state index is 15.7. The van der Waals surface area contributed by atoms with Crippen LogP contribution in [-0.4, -0.2) is 154 Å². The van der Waals surface area contributed by atoms with E-state index in [1.165, 1.54) is 9.96 Å². The van der Waals surface area contributed by atoms with Crippen LogP contribution in [0.5, 0.6) is 0 Å². The van der Waals surface area contributed by atoms with Gasteiger partial charge in [0, 0.05) is 37.6 Å². The highest BCUT2D eigenvalue weighted by Gasteiger charge is 2.77. The van der Waals surface area contributed by atoms with Gasteiger partial charge in [-0.15, -0.1) is 0 Å². The molecule has 4 aromatic rings. The average molecular weight is 922 g/mol. The Morgan fingerprint density at radius 1 is 0.851 bits per heavy atom. The van der Waals surface area contributed by atoms with E-state index in [1.54, 1.807) is 19.2 Å². The van der Waals surface area contributed by atoms with Gasteiger partial charge in [-0.3, -0.25) is 19.2 Å². The highest BCUT2D eigenvalue weighted by molar-refractivity contribution is 5.96. The summed E-state index contributed by atoms with van der Waals surface area (Å²) >= 11 is 0. The third kappa shape index (κ3) is 8.70. The Labute approximate surface area is 387 Å². The fourth-order valence-electron chi connectivity index (χ4n) is 10.1. The van der Waals surface area contributed by atoms with Crippen LogP contribution in [0.4, 0.5) is 0 Å². The van der Waals surface area contributed by atoms with E-state index in [9.17, 15) is 35.1 Å². The van der Waals surface area contributed by atoms with Crippen molar-refractivity contribution in [3.63, 3.8) is 0 Å². The van der Waals surface area contributed by atoms with Gasteiger partial charge in [0.05, 0.1) is 26.4 Å². The van der Waals surface area contributed by atoms with Gasteiger partial charge in [0.25, 0.3) is 0 Å². The van der Waals surface area contributed by atoms with Gasteiger partial charge in [0.2, 0.25) is 17.6 Å². The van der Waals surface area contributed by atoms with Gasteiger partial charge in [0.15, 0.2) is 12.3 Å². The molecule has 4 saturated heterocycles. The van der Waals surface area contributed by atoms with Crippen molar-refractivity contribution in [2.24, 2.45) is 5.41 Å². The first-order chi connectivity index (χ1) is 32.5. The van der Waals surface area contributed by atoms with Gasteiger partial charge < -0.3 is 59.4 Å². The summed E-state index contributed by atoms with van der Waals surface area (Å²) in [6.07, 6.45) is -7.13. The maximum Gasteiger partial charge on any atom is 0.327 e. The number of nitrogens with one attached hydrogen (secondary N) is 1. The van der Waals surface area contributed by atoms with E-state index in [0.29, 0.717) is 11.1 Å². The average Bonchev–Trinajstić information content (AvgIpc) is 3.94. The smallest absolute Gasteiger partial charge is 0.327 e. The van der Waals surface area contributed by atoms with Crippen LogP contribution in [0.2, 0.25) is 0 Å². The first-order valence-electron chi connectivity index (χ1n) is 22.5. The predicted molar refractivity (Wildman–Crippen MR) is 237 cm³/mol. The molecule has 67 heavy (non-hydrogen) atoms. The van der Waals surface area contributed by atoms with Gasteiger partial charge in [-0.25, -0.2) is 0 Å². The first kappa shape index (κ1) is 46.7. The molecule has 2 bridgehead atoms. The zero-order chi connectivity index (χ0) is 46.9. The molecule has 17 nitrogen and oxygen atoms in total. The third-order valence-corrected chi connectivity index (χ3v) is 13.5. The Kier molecular flexibility index (Phi) is 13.7. The Bertz CT molecular complexity index is 2340. The molecule has 6 N–H and O–H groups in total. The molecule has 12 atom stereocenters. The van der Waals surface area contributed by atoms with Gasteiger partial charge in [0.1, 0.15) is 60.3 Å².